The Morgan fingerprint density at radius 2 is 2.09 bits per heavy atom. The van der Waals surface area contributed by atoms with Crippen LogP contribution in [0.5, 0.6) is 0 Å². The number of hydrogen-bond donors (Lipinski definition) is 1. The number of amides is 1. The van der Waals surface area contributed by atoms with Crippen molar-refractivity contribution >= 4 is 17.8 Å². The maximum atomic E-state index is 11.9. The highest BCUT2D eigenvalue weighted by Crippen LogP contribution is 2.22. The molecule has 1 N–H and O–H groups in total. The molecule has 1 aromatic heterocycles. The predicted octanol–water partition coefficient (Wildman–Crippen LogP) is 2.75. The van der Waals surface area contributed by atoms with E-state index in [1.165, 1.54) is 18.5 Å². The van der Waals surface area contributed by atoms with Gasteiger partial charge in [0.25, 0.3) is 5.91 Å². The van der Waals surface area contributed by atoms with Crippen LogP contribution in [0, 0.1) is 6.92 Å². The first-order chi connectivity index (χ1) is 11.2. The molecule has 1 saturated heterocycles. The number of nitrogens with zero attached hydrogens (tertiary/aromatic N) is 3. The van der Waals surface area contributed by atoms with Gasteiger partial charge in [-0.15, -0.1) is 0 Å². The molecular formula is C18H20N4O. The summed E-state index contributed by atoms with van der Waals surface area (Å²) < 4.78 is 0. The molecule has 0 spiro atoms. The summed E-state index contributed by atoms with van der Waals surface area (Å²) in [6.45, 7) is 4.32. The molecule has 118 valence electrons. The number of benzene rings is 1. The van der Waals surface area contributed by atoms with Gasteiger partial charge < -0.3 is 4.90 Å². The van der Waals surface area contributed by atoms with Gasteiger partial charge in [-0.25, -0.2) is 5.43 Å². The fourth-order valence-corrected chi connectivity index (χ4v) is 2.69. The Hall–Kier alpha value is -2.69. The van der Waals surface area contributed by atoms with E-state index in [4.69, 9.17) is 0 Å². The molecule has 1 aliphatic heterocycles. The number of hydrogen-bond acceptors (Lipinski definition) is 4. The Labute approximate surface area is 136 Å². The maximum absolute atomic E-state index is 11.9. The molecular weight excluding hydrogens is 288 g/mol. The highest BCUT2D eigenvalue weighted by atomic mass is 16.2. The Balaban J connectivity index is 1.64. The van der Waals surface area contributed by atoms with E-state index in [2.05, 4.69) is 39.5 Å². The summed E-state index contributed by atoms with van der Waals surface area (Å²) in [5.41, 5.74) is 6.25. The van der Waals surface area contributed by atoms with Crippen LogP contribution in [-0.2, 0) is 0 Å². The van der Waals surface area contributed by atoms with E-state index in [1.54, 1.807) is 30.6 Å². The number of pyridine rings is 1. The van der Waals surface area contributed by atoms with Gasteiger partial charge in [0.1, 0.15) is 5.69 Å². The quantitative estimate of drug-likeness (QED) is 0.698. The highest BCUT2D eigenvalue weighted by molar-refractivity contribution is 5.93. The van der Waals surface area contributed by atoms with Crippen LogP contribution in [-0.4, -0.2) is 30.2 Å². The molecule has 2 aromatic rings. The summed E-state index contributed by atoms with van der Waals surface area (Å²) in [4.78, 5) is 18.2. The SMILES string of the molecule is Cc1cc(N2CCCC2)ccc1/C=N\NC(=O)c1ccccn1. The molecule has 0 saturated carbocycles. The largest absolute Gasteiger partial charge is 0.372 e. The lowest BCUT2D eigenvalue weighted by Gasteiger charge is -2.18. The van der Waals surface area contributed by atoms with Crippen LogP contribution in [0.4, 0.5) is 5.69 Å². The zero-order valence-electron chi connectivity index (χ0n) is 13.2. The third kappa shape index (κ3) is 3.74. The lowest BCUT2D eigenvalue weighted by Crippen LogP contribution is -2.19. The van der Waals surface area contributed by atoms with Crippen molar-refractivity contribution < 1.29 is 4.79 Å². The summed E-state index contributed by atoms with van der Waals surface area (Å²) >= 11 is 0. The minimum absolute atomic E-state index is 0.312. The topological polar surface area (TPSA) is 57.6 Å². The molecule has 1 fully saturated rings. The summed E-state index contributed by atoms with van der Waals surface area (Å²) in [6.07, 6.45) is 5.79. The molecule has 23 heavy (non-hydrogen) atoms. The Morgan fingerprint density at radius 1 is 1.26 bits per heavy atom. The van der Waals surface area contributed by atoms with E-state index in [0.29, 0.717) is 5.69 Å². The molecule has 1 amide bonds. The van der Waals surface area contributed by atoms with Crippen LogP contribution >= 0.6 is 0 Å². The second-order valence-electron chi connectivity index (χ2n) is 5.65. The van der Waals surface area contributed by atoms with Gasteiger partial charge in [-0.2, -0.15) is 5.10 Å². The zero-order valence-corrected chi connectivity index (χ0v) is 13.2. The number of carbonyl (C=O) groups excluding carboxylic acids is 1. The first-order valence-electron chi connectivity index (χ1n) is 7.84. The van der Waals surface area contributed by atoms with Gasteiger partial charge in [-0.1, -0.05) is 12.1 Å². The minimum Gasteiger partial charge on any atom is -0.372 e. The highest BCUT2D eigenvalue weighted by Gasteiger charge is 2.12. The van der Waals surface area contributed by atoms with Gasteiger partial charge in [0.2, 0.25) is 0 Å². The van der Waals surface area contributed by atoms with Gasteiger partial charge in [-0.3, -0.25) is 9.78 Å². The van der Waals surface area contributed by atoms with Gasteiger partial charge in [0.15, 0.2) is 0 Å². The number of aryl methyl sites for hydroxylation is 1. The van der Waals surface area contributed by atoms with E-state index in [1.807, 2.05) is 6.07 Å². The van der Waals surface area contributed by atoms with Crippen LogP contribution in [0.2, 0.25) is 0 Å². The number of rotatable bonds is 4. The molecule has 0 aliphatic carbocycles. The second kappa shape index (κ2) is 7.05. The summed E-state index contributed by atoms with van der Waals surface area (Å²) in [5.74, 6) is -0.312. The molecule has 3 rings (SSSR count). The third-order valence-electron chi connectivity index (χ3n) is 3.99. The van der Waals surface area contributed by atoms with Crippen LogP contribution in [0.1, 0.15) is 34.5 Å². The van der Waals surface area contributed by atoms with Crippen LogP contribution < -0.4 is 10.3 Å². The maximum Gasteiger partial charge on any atom is 0.289 e. The van der Waals surface area contributed by atoms with E-state index >= 15 is 0 Å². The Bertz CT molecular complexity index is 706. The third-order valence-corrected chi connectivity index (χ3v) is 3.99. The Kier molecular flexibility index (Phi) is 4.66. The van der Waals surface area contributed by atoms with Crippen molar-refractivity contribution in [3.05, 3.63) is 59.4 Å². The number of carbonyl (C=O) groups is 1. The van der Waals surface area contributed by atoms with Crippen molar-refractivity contribution in [1.29, 1.82) is 0 Å². The van der Waals surface area contributed by atoms with Crippen molar-refractivity contribution in [3.63, 3.8) is 0 Å². The standard InChI is InChI=1S/C18H20N4O/c1-14-12-16(22-10-4-5-11-22)8-7-15(14)13-20-21-18(23)17-6-2-3-9-19-17/h2-3,6-9,12-13H,4-5,10-11H2,1H3,(H,21,23)/b20-13-. The van der Waals surface area contributed by atoms with Crippen molar-refractivity contribution in [2.24, 2.45) is 5.10 Å². The van der Waals surface area contributed by atoms with Crippen LogP contribution in [0.3, 0.4) is 0 Å². The number of aromatic nitrogens is 1. The normalized spacial score (nSPS) is 14.4. The molecule has 0 radical (unpaired) electrons. The molecule has 1 aliphatic rings. The fourth-order valence-electron chi connectivity index (χ4n) is 2.69. The molecule has 5 nitrogen and oxygen atoms in total. The smallest absolute Gasteiger partial charge is 0.289 e. The average Bonchev–Trinajstić information content (AvgIpc) is 3.11. The van der Waals surface area contributed by atoms with Gasteiger partial charge in [-0.05, 0) is 55.2 Å². The lowest BCUT2D eigenvalue weighted by molar-refractivity contribution is 0.0950. The minimum atomic E-state index is -0.312. The summed E-state index contributed by atoms with van der Waals surface area (Å²) in [7, 11) is 0. The van der Waals surface area contributed by atoms with E-state index in [9.17, 15) is 4.79 Å². The lowest BCUT2D eigenvalue weighted by atomic mass is 10.1. The monoisotopic (exact) mass is 308 g/mol. The Morgan fingerprint density at radius 3 is 2.78 bits per heavy atom. The first-order valence-corrected chi connectivity index (χ1v) is 7.84. The first kappa shape index (κ1) is 15.2. The van der Waals surface area contributed by atoms with Crippen molar-refractivity contribution in [1.82, 2.24) is 10.4 Å². The van der Waals surface area contributed by atoms with Crippen molar-refractivity contribution in [2.45, 2.75) is 19.8 Å². The number of anilines is 1. The van der Waals surface area contributed by atoms with Gasteiger partial charge in [0, 0.05) is 25.0 Å². The molecule has 1 aromatic carbocycles. The van der Waals surface area contributed by atoms with Crippen molar-refractivity contribution in [3.8, 4) is 0 Å². The predicted molar refractivity (Wildman–Crippen MR) is 91.9 cm³/mol. The van der Waals surface area contributed by atoms with E-state index in [-0.39, 0.29) is 5.91 Å². The molecule has 0 unspecified atom stereocenters. The van der Waals surface area contributed by atoms with E-state index < -0.39 is 0 Å². The summed E-state index contributed by atoms with van der Waals surface area (Å²) in [5, 5.41) is 4.03. The molecule has 2 heterocycles. The second-order valence-corrected chi connectivity index (χ2v) is 5.65. The fraction of sp³-hybridized carbons (Fsp3) is 0.278. The zero-order chi connectivity index (χ0) is 16.1. The number of hydrazone groups is 1. The van der Waals surface area contributed by atoms with Gasteiger partial charge in [0.05, 0.1) is 6.21 Å². The van der Waals surface area contributed by atoms with Crippen LogP contribution in [0.15, 0.2) is 47.7 Å². The molecule has 0 bridgehead atoms. The molecule has 0 atom stereocenters. The average molecular weight is 308 g/mol. The van der Waals surface area contributed by atoms with Crippen LogP contribution in [0.25, 0.3) is 0 Å². The molecule has 5 heteroatoms. The summed E-state index contributed by atoms with van der Waals surface area (Å²) in [6, 6.07) is 11.5. The van der Waals surface area contributed by atoms with Crippen molar-refractivity contribution in [2.75, 3.05) is 18.0 Å². The number of nitrogens with one attached hydrogen (secondary N) is 1. The van der Waals surface area contributed by atoms with Gasteiger partial charge >= 0.3 is 0 Å². The van der Waals surface area contributed by atoms with E-state index in [0.717, 1.165) is 24.2 Å².